The molecule has 0 unspecified atom stereocenters. The van der Waals surface area contributed by atoms with E-state index < -0.39 is 0 Å². The summed E-state index contributed by atoms with van der Waals surface area (Å²) in [4.78, 5) is 38.8. The van der Waals surface area contributed by atoms with Gasteiger partial charge in [-0.05, 0) is 380 Å². The summed E-state index contributed by atoms with van der Waals surface area (Å²) in [6.45, 7) is 106. The second kappa shape index (κ2) is 62.3. The molecule has 16 heteroatoms. The Kier molecular flexibility index (Phi) is 70.2. The van der Waals surface area contributed by atoms with Crippen molar-refractivity contribution in [3.8, 4) is 0 Å². The molecule has 0 saturated heterocycles. The minimum atomic E-state index is 0.264. The van der Waals surface area contributed by atoms with E-state index in [1.165, 1.54) is 124 Å². The first-order chi connectivity index (χ1) is 45.6. The molecule has 16 nitrogen and oxygen atoms in total. The van der Waals surface area contributed by atoms with Crippen LogP contribution in [0.3, 0.4) is 0 Å². The highest BCUT2D eigenvalue weighted by Crippen LogP contribution is 2.17. The molecular weight excluding hydrogens is 1230 g/mol. The third kappa shape index (κ3) is 71.6. The van der Waals surface area contributed by atoms with Crippen molar-refractivity contribution in [1.82, 2.24) is 78.4 Å². The van der Waals surface area contributed by atoms with E-state index in [9.17, 15) is 0 Å². The number of hydrogen-bond acceptors (Lipinski definition) is 16. The van der Waals surface area contributed by atoms with Crippen molar-refractivity contribution in [1.29, 1.82) is 0 Å². The third-order valence-corrected chi connectivity index (χ3v) is 20.3. The Balaban J connectivity index is -0.000000203. The van der Waals surface area contributed by atoms with E-state index in [2.05, 4.69) is 385 Å². The number of nitrogens with zero attached hydrogens (tertiary/aromatic N) is 16. The normalized spacial score (nSPS) is 13.0. The Hall–Kier alpha value is -0.640. The van der Waals surface area contributed by atoms with Gasteiger partial charge in [-0.3, -0.25) is 14.7 Å². The summed E-state index contributed by atoms with van der Waals surface area (Å²) in [6, 6.07) is 0. The van der Waals surface area contributed by atoms with Crippen molar-refractivity contribution < 1.29 is 0 Å². The molecule has 0 atom stereocenters. The van der Waals surface area contributed by atoms with Crippen LogP contribution in [-0.2, 0) is 0 Å². The first-order valence-corrected chi connectivity index (χ1v) is 40.9. The van der Waals surface area contributed by atoms with Crippen LogP contribution < -0.4 is 0 Å². The maximum absolute atomic E-state index is 2.63. The van der Waals surface area contributed by atoms with Crippen LogP contribution in [0.15, 0.2) is 0 Å². The zero-order chi connectivity index (χ0) is 80.1. The summed E-state index contributed by atoms with van der Waals surface area (Å²) in [5, 5.41) is 0. The highest BCUT2D eigenvalue weighted by Gasteiger charge is 2.24. The second-order valence-corrected chi connectivity index (χ2v) is 36.2. The Bertz CT molecular complexity index is 1650. The Morgan fingerprint density at radius 2 is 0.360 bits per heavy atom. The molecule has 0 aromatic heterocycles. The molecule has 0 aliphatic rings. The van der Waals surface area contributed by atoms with Gasteiger partial charge in [-0.2, -0.15) is 0 Å². The van der Waals surface area contributed by atoms with Gasteiger partial charge in [-0.1, -0.05) is 76.2 Å². The fourth-order valence-corrected chi connectivity index (χ4v) is 10.1. The predicted molar refractivity (Wildman–Crippen MR) is 461 cm³/mol. The topological polar surface area (TPSA) is 51.8 Å². The van der Waals surface area contributed by atoms with Crippen molar-refractivity contribution in [3.05, 3.63) is 0 Å². The average molecular weight is 1430 g/mol. The van der Waals surface area contributed by atoms with Crippen molar-refractivity contribution in [2.75, 3.05) is 274 Å². The molecule has 0 saturated carbocycles. The fourth-order valence-electron chi connectivity index (χ4n) is 10.1. The van der Waals surface area contributed by atoms with Gasteiger partial charge in [0.05, 0.1) is 0 Å². The molecule has 0 aliphatic heterocycles. The Labute approximate surface area is 635 Å². The van der Waals surface area contributed by atoms with Gasteiger partial charge in [0.2, 0.25) is 0 Å². The molecule has 0 rings (SSSR count). The Morgan fingerprint density at radius 3 is 0.580 bits per heavy atom. The minimum absolute atomic E-state index is 0.264. The zero-order valence-corrected chi connectivity index (χ0v) is 78.0. The summed E-state index contributed by atoms with van der Waals surface area (Å²) in [7, 11) is 25.9. The molecule has 0 spiro atoms. The van der Waals surface area contributed by atoms with Crippen molar-refractivity contribution in [2.24, 2.45) is 0 Å². The number of hydrogen-bond donors (Lipinski definition) is 0. The largest absolute Gasteiger partial charge is 0.309 e. The third-order valence-electron chi connectivity index (χ3n) is 20.3. The molecular formula is C84H198N16. The van der Waals surface area contributed by atoms with Gasteiger partial charge in [-0.15, -0.1) is 0 Å². The SMILES string of the molecule is CCN(C)CCCN(C)C(C)(C)C.CCN(C)CCN(C)C(C)(C)C.CCN(CC)CCN(C)C(C)(C)C.CCN(CC)CCN(CC)C(C)(C)C.CCN(CC)CCN(CCN(CC)CC)C(C)(C)C.CN(C)CCCN(C)C(C)(C)C.CN(C)CCCN(CCCN(C)C)C(C)(C)C. The summed E-state index contributed by atoms with van der Waals surface area (Å²) < 4.78 is 0. The van der Waals surface area contributed by atoms with Gasteiger partial charge >= 0.3 is 0 Å². The summed E-state index contributed by atoms with van der Waals surface area (Å²) in [5.74, 6) is 0. The van der Waals surface area contributed by atoms with Crippen LogP contribution in [0.4, 0.5) is 0 Å². The van der Waals surface area contributed by atoms with Crippen LogP contribution in [0.5, 0.6) is 0 Å². The van der Waals surface area contributed by atoms with Gasteiger partial charge in [0.25, 0.3) is 0 Å². The molecule has 0 radical (unpaired) electrons. The Morgan fingerprint density at radius 1 is 0.160 bits per heavy atom. The van der Waals surface area contributed by atoms with E-state index in [0.29, 0.717) is 33.2 Å². The maximum atomic E-state index is 2.63. The van der Waals surface area contributed by atoms with Crippen molar-refractivity contribution in [3.63, 3.8) is 0 Å². The summed E-state index contributed by atoms with van der Waals surface area (Å²) >= 11 is 0. The molecule has 0 aliphatic carbocycles. The maximum Gasteiger partial charge on any atom is 0.0126 e. The molecule has 0 aromatic rings. The molecule has 0 fully saturated rings. The lowest BCUT2D eigenvalue weighted by Crippen LogP contribution is -2.48. The van der Waals surface area contributed by atoms with Crippen LogP contribution >= 0.6 is 0 Å². The first-order valence-electron chi connectivity index (χ1n) is 40.9. The number of rotatable bonds is 42. The van der Waals surface area contributed by atoms with E-state index in [4.69, 9.17) is 0 Å². The van der Waals surface area contributed by atoms with Crippen molar-refractivity contribution in [2.45, 2.75) is 286 Å². The lowest BCUT2D eigenvalue weighted by molar-refractivity contribution is 0.102. The van der Waals surface area contributed by atoms with Crippen molar-refractivity contribution >= 4 is 0 Å². The minimum Gasteiger partial charge on any atom is -0.309 e. The van der Waals surface area contributed by atoms with Gasteiger partial charge in [0, 0.05) is 104 Å². The fraction of sp³-hybridized carbons (Fsp3) is 1.00. The highest BCUT2D eigenvalue weighted by molar-refractivity contribution is 4.81. The van der Waals surface area contributed by atoms with Crippen LogP contribution in [0, 0.1) is 0 Å². The first kappa shape index (κ1) is 113. The molecule has 0 heterocycles. The lowest BCUT2D eigenvalue weighted by atomic mass is 10.1. The monoisotopic (exact) mass is 1430 g/mol. The predicted octanol–water partition coefficient (Wildman–Crippen LogP) is 14.7. The second-order valence-electron chi connectivity index (χ2n) is 36.2. The van der Waals surface area contributed by atoms with Crippen LogP contribution in [0.2, 0.25) is 0 Å². The highest BCUT2D eigenvalue weighted by atomic mass is 15.3. The molecule has 614 valence electrons. The lowest BCUT2D eigenvalue weighted by Gasteiger charge is -2.38. The quantitative estimate of drug-likeness (QED) is 0.0582. The number of likely N-dealkylation sites (N-methyl/N-ethyl adjacent to an activating group) is 8. The summed E-state index contributed by atoms with van der Waals surface area (Å²) in [5.41, 5.74) is 2.08. The molecule has 0 aromatic carbocycles. The van der Waals surface area contributed by atoms with Gasteiger partial charge in [0.15, 0.2) is 0 Å². The van der Waals surface area contributed by atoms with E-state index in [1.54, 1.807) is 0 Å². The average Bonchev–Trinajstić information content (AvgIpc) is 0.917. The van der Waals surface area contributed by atoms with E-state index >= 15 is 0 Å². The van der Waals surface area contributed by atoms with Gasteiger partial charge in [-0.25, -0.2) is 0 Å². The molecule has 100 heavy (non-hydrogen) atoms. The van der Waals surface area contributed by atoms with Gasteiger partial charge < -0.3 is 63.7 Å². The van der Waals surface area contributed by atoms with E-state index in [-0.39, 0.29) is 5.54 Å². The smallest absolute Gasteiger partial charge is 0.0126 e. The van der Waals surface area contributed by atoms with Crippen LogP contribution in [0.1, 0.15) is 247 Å². The standard InChI is InChI=1S/C16H37N3.C14H33N3.C12H28N2.2C11H26N2.2C10H24N2/c1-8-17(9-2)12-14-19(16(5,6)7)15-13-18(10-3)11-4;1-14(2,3)17(12-8-10-15(4)5)13-9-11-16(6)7;1-7-13(8-2)10-11-14(9-3)12(4,5)6;1-7-12(5)9-8-10-13(6)11(2,3)4;1-7-13(8-2)10-9-12(6)11(3,4)5;1-10(2,3)12(6)9-7-8-11(4)5;1-7-11(5)8-9-12(6)10(2,3)4/h8-15H2,1-7H3;8-13H2,1-7H3;7-11H2,1-6H3;2*7-10H2,1-6H3;2*7-9H2,1-6H3. The van der Waals surface area contributed by atoms with Crippen LogP contribution in [0.25, 0.3) is 0 Å². The van der Waals surface area contributed by atoms with Gasteiger partial charge in [0.1, 0.15) is 0 Å². The van der Waals surface area contributed by atoms with E-state index in [1.807, 2.05) is 0 Å². The summed E-state index contributed by atoms with van der Waals surface area (Å²) in [6.07, 6.45) is 5.03. The zero-order valence-electron chi connectivity index (χ0n) is 78.0. The van der Waals surface area contributed by atoms with Crippen LogP contribution in [-0.4, -0.2) is 392 Å². The molecule has 0 bridgehead atoms. The molecule has 0 N–H and O–H groups in total. The molecule has 0 amide bonds. The van der Waals surface area contributed by atoms with E-state index in [0.717, 1.165) is 91.6 Å².